The quantitative estimate of drug-likeness (QED) is 0.783. The summed E-state index contributed by atoms with van der Waals surface area (Å²) in [5.41, 5.74) is -0.127. The Bertz CT molecular complexity index is 683. The molecule has 1 aliphatic carbocycles. The SMILES string of the molecule is O=C(NCC1(CO)CC1)Nc1ccn(-c2ncccc2Cl)n1. The molecule has 116 valence electrons. The highest BCUT2D eigenvalue weighted by molar-refractivity contribution is 6.32. The summed E-state index contributed by atoms with van der Waals surface area (Å²) in [6.45, 7) is 0.558. The lowest BCUT2D eigenvalue weighted by Crippen LogP contribution is -2.35. The number of pyridine rings is 1. The van der Waals surface area contributed by atoms with Crippen molar-refractivity contribution < 1.29 is 9.90 Å². The molecule has 0 unspecified atom stereocenters. The van der Waals surface area contributed by atoms with E-state index in [1.807, 2.05) is 0 Å². The van der Waals surface area contributed by atoms with Gasteiger partial charge in [-0.05, 0) is 25.0 Å². The Morgan fingerprint density at radius 1 is 1.45 bits per heavy atom. The van der Waals surface area contributed by atoms with Crippen molar-refractivity contribution >= 4 is 23.4 Å². The summed E-state index contributed by atoms with van der Waals surface area (Å²) < 4.78 is 1.49. The van der Waals surface area contributed by atoms with Gasteiger partial charge < -0.3 is 10.4 Å². The largest absolute Gasteiger partial charge is 0.396 e. The van der Waals surface area contributed by atoms with Gasteiger partial charge in [-0.15, -0.1) is 5.10 Å². The van der Waals surface area contributed by atoms with Crippen molar-refractivity contribution in [3.05, 3.63) is 35.6 Å². The molecule has 3 rings (SSSR count). The molecule has 0 radical (unpaired) electrons. The third-order valence-electron chi connectivity index (χ3n) is 3.70. The molecule has 1 aliphatic rings. The average Bonchev–Trinajstić information content (AvgIpc) is 3.17. The van der Waals surface area contributed by atoms with Crippen LogP contribution in [0, 0.1) is 5.41 Å². The van der Waals surface area contributed by atoms with E-state index >= 15 is 0 Å². The van der Waals surface area contributed by atoms with E-state index in [9.17, 15) is 9.90 Å². The van der Waals surface area contributed by atoms with Crippen LogP contribution in [0.25, 0.3) is 5.82 Å². The fraction of sp³-hybridized carbons (Fsp3) is 0.357. The second-order valence-electron chi connectivity index (χ2n) is 5.42. The van der Waals surface area contributed by atoms with Gasteiger partial charge in [0.15, 0.2) is 11.6 Å². The monoisotopic (exact) mass is 321 g/mol. The van der Waals surface area contributed by atoms with Crippen molar-refractivity contribution in [1.29, 1.82) is 0 Å². The molecule has 0 spiro atoms. The number of anilines is 1. The van der Waals surface area contributed by atoms with Gasteiger partial charge in [0.2, 0.25) is 0 Å². The first-order valence-corrected chi connectivity index (χ1v) is 7.32. The average molecular weight is 322 g/mol. The van der Waals surface area contributed by atoms with E-state index in [1.165, 1.54) is 4.68 Å². The third kappa shape index (κ3) is 3.20. The normalized spacial score (nSPS) is 15.4. The first kappa shape index (κ1) is 14.8. The van der Waals surface area contributed by atoms with Gasteiger partial charge in [0.25, 0.3) is 0 Å². The molecule has 0 atom stereocenters. The Labute approximate surface area is 132 Å². The van der Waals surface area contributed by atoms with Gasteiger partial charge in [-0.3, -0.25) is 5.32 Å². The number of carbonyl (C=O) groups is 1. The van der Waals surface area contributed by atoms with Crippen LogP contribution in [-0.2, 0) is 0 Å². The maximum atomic E-state index is 11.8. The molecule has 2 heterocycles. The molecule has 7 nitrogen and oxygen atoms in total. The number of nitrogens with one attached hydrogen (secondary N) is 2. The number of urea groups is 1. The Hall–Kier alpha value is -2.12. The standard InChI is InChI=1S/C14H16ClN5O2/c15-10-2-1-6-16-12(10)20-7-3-11(19-20)18-13(22)17-8-14(9-21)4-5-14/h1-3,6-7,21H,4-5,8-9H2,(H2,17,18,19,22). The van der Waals surface area contributed by atoms with E-state index in [1.54, 1.807) is 30.6 Å². The zero-order valence-corrected chi connectivity index (χ0v) is 12.5. The molecule has 2 aromatic rings. The lowest BCUT2D eigenvalue weighted by molar-refractivity contribution is 0.206. The van der Waals surface area contributed by atoms with Gasteiger partial charge in [0.05, 0.1) is 11.6 Å². The number of hydrogen-bond acceptors (Lipinski definition) is 4. The highest BCUT2D eigenvalue weighted by Gasteiger charge is 2.42. The third-order valence-corrected chi connectivity index (χ3v) is 4.00. The number of aliphatic hydroxyl groups is 1. The van der Waals surface area contributed by atoms with Crippen LogP contribution in [0.4, 0.5) is 10.6 Å². The number of amides is 2. The smallest absolute Gasteiger partial charge is 0.320 e. The summed E-state index contributed by atoms with van der Waals surface area (Å²) >= 11 is 6.05. The van der Waals surface area contributed by atoms with E-state index in [2.05, 4.69) is 20.7 Å². The molecule has 2 amide bonds. The van der Waals surface area contributed by atoms with Gasteiger partial charge in [-0.1, -0.05) is 11.6 Å². The van der Waals surface area contributed by atoms with E-state index in [-0.39, 0.29) is 18.1 Å². The topological polar surface area (TPSA) is 92.1 Å². The number of halogens is 1. The first-order valence-electron chi connectivity index (χ1n) is 6.94. The minimum absolute atomic E-state index is 0.0973. The van der Waals surface area contributed by atoms with Gasteiger partial charge in [-0.2, -0.15) is 0 Å². The minimum Gasteiger partial charge on any atom is -0.396 e. The Kier molecular flexibility index (Phi) is 4.00. The molecule has 8 heteroatoms. The second-order valence-corrected chi connectivity index (χ2v) is 5.83. The highest BCUT2D eigenvalue weighted by Crippen LogP contribution is 2.44. The number of rotatable bonds is 5. The van der Waals surface area contributed by atoms with Gasteiger partial charge in [0.1, 0.15) is 0 Å². The molecule has 1 fully saturated rings. The van der Waals surface area contributed by atoms with Crippen LogP contribution in [0.2, 0.25) is 5.02 Å². The zero-order chi connectivity index (χ0) is 15.6. The highest BCUT2D eigenvalue weighted by atomic mass is 35.5. The summed E-state index contributed by atoms with van der Waals surface area (Å²) in [6.07, 6.45) is 5.17. The lowest BCUT2D eigenvalue weighted by Gasteiger charge is -2.12. The summed E-state index contributed by atoms with van der Waals surface area (Å²) in [5, 5.41) is 19.3. The summed E-state index contributed by atoms with van der Waals surface area (Å²) in [6, 6.07) is 4.76. The number of nitrogens with zero attached hydrogens (tertiary/aromatic N) is 3. The predicted molar refractivity (Wildman–Crippen MR) is 82.1 cm³/mol. The minimum atomic E-state index is -0.350. The molecule has 22 heavy (non-hydrogen) atoms. The molecular formula is C14H16ClN5O2. The molecule has 1 saturated carbocycles. The van der Waals surface area contributed by atoms with Crippen molar-refractivity contribution in [3.63, 3.8) is 0 Å². The van der Waals surface area contributed by atoms with Crippen molar-refractivity contribution in [2.75, 3.05) is 18.5 Å². The van der Waals surface area contributed by atoms with Crippen molar-refractivity contribution in [2.45, 2.75) is 12.8 Å². The fourth-order valence-electron chi connectivity index (χ4n) is 2.05. The fourth-order valence-corrected chi connectivity index (χ4v) is 2.26. The van der Waals surface area contributed by atoms with E-state index in [4.69, 9.17) is 11.6 Å². The van der Waals surface area contributed by atoms with Crippen LogP contribution in [0.3, 0.4) is 0 Å². The Morgan fingerprint density at radius 2 is 2.27 bits per heavy atom. The van der Waals surface area contributed by atoms with Crippen molar-refractivity contribution in [2.24, 2.45) is 5.41 Å². The van der Waals surface area contributed by atoms with E-state index in [0.29, 0.717) is 23.2 Å². The van der Waals surface area contributed by atoms with Crippen LogP contribution in [0.15, 0.2) is 30.6 Å². The zero-order valence-electron chi connectivity index (χ0n) is 11.8. The van der Waals surface area contributed by atoms with E-state index < -0.39 is 0 Å². The maximum absolute atomic E-state index is 11.8. The maximum Gasteiger partial charge on any atom is 0.320 e. The molecule has 0 saturated heterocycles. The first-order chi connectivity index (χ1) is 10.6. The van der Waals surface area contributed by atoms with Crippen molar-refractivity contribution in [1.82, 2.24) is 20.1 Å². The number of carbonyl (C=O) groups excluding carboxylic acids is 1. The number of hydrogen-bond donors (Lipinski definition) is 3. The molecule has 0 bridgehead atoms. The Morgan fingerprint density at radius 3 is 2.95 bits per heavy atom. The second kappa shape index (κ2) is 5.94. The molecular weight excluding hydrogens is 306 g/mol. The molecule has 3 N–H and O–H groups in total. The van der Waals surface area contributed by atoms with Gasteiger partial charge >= 0.3 is 6.03 Å². The summed E-state index contributed by atoms with van der Waals surface area (Å²) in [5.74, 6) is 0.892. The van der Waals surface area contributed by atoms with Crippen LogP contribution < -0.4 is 10.6 Å². The van der Waals surface area contributed by atoms with Crippen LogP contribution in [0.5, 0.6) is 0 Å². The molecule has 0 aromatic carbocycles. The molecule has 0 aliphatic heterocycles. The molecule has 2 aromatic heterocycles. The lowest BCUT2D eigenvalue weighted by atomic mass is 10.1. The summed E-state index contributed by atoms with van der Waals surface area (Å²) in [7, 11) is 0. The summed E-state index contributed by atoms with van der Waals surface area (Å²) in [4.78, 5) is 16.0. The Balaban J connectivity index is 1.60. The van der Waals surface area contributed by atoms with Crippen molar-refractivity contribution in [3.8, 4) is 5.82 Å². The van der Waals surface area contributed by atoms with Crippen LogP contribution >= 0.6 is 11.6 Å². The van der Waals surface area contributed by atoms with Crippen LogP contribution in [-0.4, -0.2) is 39.1 Å². The van der Waals surface area contributed by atoms with Gasteiger partial charge in [-0.25, -0.2) is 14.5 Å². The van der Waals surface area contributed by atoms with Gasteiger partial charge in [0, 0.05) is 30.4 Å². The van der Waals surface area contributed by atoms with E-state index in [0.717, 1.165) is 12.8 Å². The number of aliphatic hydroxyl groups excluding tert-OH is 1. The van der Waals surface area contributed by atoms with Crippen LogP contribution in [0.1, 0.15) is 12.8 Å². The predicted octanol–water partition coefficient (Wildman–Crippen LogP) is 1.81. The number of aromatic nitrogens is 3.